The average molecular weight is 275 g/mol. The van der Waals surface area contributed by atoms with Crippen molar-refractivity contribution in [2.45, 2.75) is 30.3 Å². The van der Waals surface area contributed by atoms with Crippen LogP contribution >= 0.6 is 11.8 Å². The van der Waals surface area contributed by atoms with Crippen LogP contribution in [0.4, 0.5) is 0 Å². The highest BCUT2D eigenvalue weighted by atomic mass is 32.2. The third kappa shape index (κ3) is 2.98. The molecule has 2 aromatic rings. The van der Waals surface area contributed by atoms with Crippen LogP contribution in [0.2, 0.25) is 0 Å². The second-order valence-electron chi connectivity index (χ2n) is 4.70. The summed E-state index contributed by atoms with van der Waals surface area (Å²) >= 11 is 1.62. The van der Waals surface area contributed by atoms with Crippen molar-refractivity contribution in [2.75, 3.05) is 12.4 Å². The van der Waals surface area contributed by atoms with Crippen molar-refractivity contribution in [1.82, 2.24) is 14.8 Å². The number of benzene rings is 1. The van der Waals surface area contributed by atoms with Gasteiger partial charge in [0.05, 0.1) is 5.69 Å². The van der Waals surface area contributed by atoms with Gasteiger partial charge in [0.1, 0.15) is 5.82 Å². The predicted molar refractivity (Wildman–Crippen MR) is 75.8 cm³/mol. The maximum atomic E-state index is 8.82. The normalized spacial score (nSPS) is 14.8. The van der Waals surface area contributed by atoms with Crippen molar-refractivity contribution in [3.63, 3.8) is 0 Å². The molecule has 1 aromatic carbocycles. The van der Waals surface area contributed by atoms with E-state index in [2.05, 4.69) is 22.2 Å². The fourth-order valence-corrected chi connectivity index (χ4v) is 2.71. The van der Waals surface area contributed by atoms with Gasteiger partial charge in [-0.3, -0.25) is 0 Å². The Hall–Kier alpha value is -1.33. The zero-order valence-electron chi connectivity index (χ0n) is 10.7. The summed E-state index contributed by atoms with van der Waals surface area (Å²) in [6, 6.07) is 10.2. The van der Waals surface area contributed by atoms with Gasteiger partial charge in [0.25, 0.3) is 0 Å². The maximum Gasteiger partial charge on any atom is 0.209 e. The molecule has 1 aliphatic carbocycles. The molecule has 4 nitrogen and oxygen atoms in total. The fraction of sp³-hybridized carbons (Fsp3) is 0.429. The first-order valence-electron chi connectivity index (χ1n) is 6.64. The lowest BCUT2D eigenvalue weighted by Crippen LogP contribution is -2.01. The SMILES string of the molecule is OCCCSc1nc(C2CC2)n(-c2ccccc2)n1. The molecular formula is C14H17N3OS. The third-order valence-electron chi connectivity index (χ3n) is 3.09. The van der Waals surface area contributed by atoms with Gasteiger partial charge in [-0.15, -0.1) is 5.10 Å². The van der Waals surface area contributed by atoms with Crippen molar-refractivity contribution in [2.24, 2.45) is 0 Å². The lowest BCUT2D eigenvalue weighted by atomic mass is 10.3. The van der Waals surface area contributed by atoms with Gasteiger partial charge in [0.2, 0.25) is 5.16 Å². The highest BCUT2D eigenvalue weighted by molar-refractivity contribution is 7.99. The van der Waals surface area contributed by atoms with Crippen LogP contribution in [-0.2, 0) is 0 Å². The van der Waals surface area contributed by atoms with Crippen LogP contribution in [0.25, 0.3) is 5.69 Å². The van der Waals surface area contributed by atoms with Crippen LogP contribution in [0.5, 0.6) is 0 Å². The molecule has 3 rings (SSSR count). The van der Waals surface area contributed by atoms with Crippen LogP contribution in [0.3, 0.4) is 0 Å². The molecule has 0 radical (unpaired) electrons. The number of aliphatic hydroxyl groups is 1. The quantitative estimate of drug-likeness (QED) is 0.650. The standard InChI is InChI=1S/C14H17N3OS/c18-9-4-10-19-14-15-13(11-7-8-11)17(16-14)12-5-2-1-3-6-12/h1-3,5-6,11,18H,4,7-10H2. The predicted octanol–water partition coefficient (Wildman–Crippen LogP) is 2.62. The highest BCUT2D eigenvalue weighted by Crippen LogP contribution is 2.40. The van der Waals surface area contributed by atoms with Gasteiger partial charge in [-0.05, 0) is 31.4 Å². The first-order chi connectivity index (χ1) is 9.38. The molecular weight excluding hydrogens is 258 g/mol. The van der Waals surface area contributed by atoms with E-state index >= 15 is 0 Å². The molecule has 0 unspecified atom stereocenters. The summed E-state index contributed by atoms with van der Waals surface area (Å²) in [4.78, 5) is 4.65. The third-order valence-corrected chi connectivity index (χ3v) is 4.01. The Balaban J connectivity index is 1.85. The van der Waals surface area contributed by atoms with E-state index < -0.39 is 0 Å². The van der Waals surface area contributed by atoms with E-state index in [1.165, 1.54) is 12.8 Å². The molecule has 1 saturated carbocycles. The Bertz CT molecular complexity index is 537. The minimum absolute atomic E-state index is 0.224. The summed E-state index contributed by atoms with van der Waals surface area (Å²) in [5, 5.41) is 14.2. The van der Waals surface area contributed by atoms with Crippen molar-refractivity contribution in [3.8, 4) is 5.69 Å². The van der Waals surface area contributed by atoms with Gasteiger partial charge in [-0.25, -0.2) is 9.67 Å². The lowest BCUT2D eigenvalue weighted by Gasteiger charge is -2.03. The van der Waals surface area contributed by atoms with E-state index in [0.717, 1.165) is 28.8 Å². The van der Waals surface area contributed by atoms with Crippen LogP contribution in [0.1, 0.15) is 31.0 Å². The van der Waals surface area contributed by atoms with Gasteiger partial charge in [-0.2, -0.15) is 0 Å². The first kappa shape index (κ1) is 12.7. The summed E-state index contributed by atoms with van der Waals surface area (Å²) in [5.41, 5.74) is 1.07. The zero-order valence-corrected chi connectivity index (χ0v) is 11.5. The molecule has 5 heteroatoms. The smallest absolute Gasteiger partial charge is 0.209 e. The number of aliphatic hydroxyl groups excluding tert-OH is 1. The minimum atomic E-state index is 0.224. The Labute approximate surface area is 116 Å². The number of para-hydroxylation sites is 1. The van der Waals surface area contributed by atoms with Gasteiger partial charge < -0.3 is 5.11 Å². The Kier molecular flexibility index (Phi) is 3.84. The molecule has 19 heavy (non-hydrogen) atoms. The van der Waals surface area contributed by atoms with E-state index in [9.17, 15) is 0 Å². The first-order valence-corrected chi connectivity index (χ1v) is 7.63. The molecule has 0 saturated heterocycles. The summed E-state index contributed by atoms with van der Waals surface area (Å²) in [5.74, 6) is 2.51. The Morgan fingerprint density at radius 3 is 2.74 bits per heavy atom. The number of hydrogen-bond donors (Lipinski definition) is 1. The van der Waals surface area contributed by atoms with Crippen LogP contribution in [0.15, 0.2) is 35.5 Å². The largest absolute Gasteiger partial charge is 0.396 e. The number of thioether (sulfide) groups is 1. The Morgan fingerprint density at radius 2 is 2.05 bits per heavy atom. The number of nitrogens with zero attached hydrogens (tertiary/aromatic N) is 3. The summed E-state index contributed by atoms with van der Waals surface area (Å²) < 4.78 is 1.97. The molecule has 100 valence electrons. The van der Waals surface area contributed by atoms with E-state index in [0.29, 0.717) is 5.92 Å². The molecule has 0 spiro atoms. The number of rotatable bonds is 6. The zero-order chi connectivity index (χ0) is 13.1. The molecule has 1 aliphatic rings. The van der Waals surface area contributed by atoms with Gasteiger partial charge in [0.15, 0.2) is 0 Å². The molecule has 1 heterocycles. The average Bonchev–Trinajstić information content (AvgIpc) is 3.21. The summed E-state index contributed by atoms with van der Waals surface area (Å²) in [6.45, 7) is 0.224. The van der Waals surface area contributed by atoms with Crippen molar-refractivity contribution in [1.29, 1.82) is 0 Å². The molecule has 0 amide bonds. The topological polar surface area (TPSA) is 50.9 Å². The van der Waals surface area contributed by atoms with Crippen LogP contribution < -0.4 is 0 Å². The van der Waals surface area contributed by atoms with Crippen molar-refractivity contribution >= 4 is 11.8 Å². The van der Waals surface area contributed by atoms with E-state index in [1.54, 1.807) is 11.8 Å². The monoisotopic (exact) mass is 275 g/mol. The van der Waals surface area contributed by atoms with E-state index in [1.807, 2.05) is 22.9 Å². The van der Waals surface area contributed by atoms with Crippen LogP contribution in [-0.4, -0.2) is 32.2 Å². The van der Waals surface area contributed by atoms with Gasteiger partial charge in [0, 0.05) is 18.3 Å². The van der Waals surface area contributed by atoms with Gasteiger partial charge >= 0.3 is 0 Å². The lowest BCUT2D eigenvalue weighted by molar-refractivity contribution is 0.296. The molecule has 1 N–H and O–H groups in total. The minimum Gasteiger partial charge on any atom is -0.396 e. The summed E-state index contributed by atoms with van der Waals surface area (Å²) in [7, 11) is 0. The molecule has 0 atom stereocenters. The summed E-state index contributed by atoms with van der Waals surface area (Å²) in [6.07, 6.45) is 3.21. The molecule has 0 aliphatic heterocycles. The van der Waals surface area contributed by atoms with Crippen molar-refractivity contribution in [3.05, 3.63) is 36.2 Å². The molecule has 1 aromatic heterocycles. The molecule has 1 fully saturated rings. The highest BCUT2D eigenvalue weighted by Gasteiger charge is 2.30. The number of aromatic nitrogens is 3. The fourth-order valence-electron chi connectivity index (χ4n) is 1.96. The van der Waals surface area contributed by atoms with Gasteiger partial charge in [-0.1, -0.05) is 30.0 Å². The second-order valence-corrected chi connectivity index (χ2v) is 5.76. The Morgan fingerprint density at radius 1 is 1.26 bits per heavy atom. The van der Waals surface area contributed by atoms with E-state index in [-0.39, 0.29) is 6.61 Å². The van der Waals surface area contributed by atoms with E-state index in [4.69, 9.17) is 5.11 Å². The van der Waals surface area contributed by atoms with Crippen molar-refractivity contribution < 1.29 is 5.11 Å². The van der Waals surface area contributed by atoms with Crippen LogP contribution in [0, 0.1) is 0 Å². The molecule has 0 bridgehead atoms. The maximum absolute atomic E-state index is 8.82. The number of hydrogen-bond acceptors (Lipinski definition) is 4. The second kappa shape index (κ2) is 5.75.